The fourth-order valence-corrected chi connectivity index (χ4v) is 4.48. The Labute approximate surface area is 198 Å². The summed E-state index contributed by atoms with van der Waals surface area (Å²) in [5.74, 6) is -2.95. The predicted molar refractivity (Wildman–Crippen MR) is 127 cm³/mol. The van der Waals surface area contributed by atoms with Crippen molar-refractivity contribution < 1.29 is 26.7 Å². The molecule has 0 aliphatic rings. The first-order valence-electron chi connectivity index (χ1n) is 10.6. The zero-order chi connectivity index (χ0) is 25.3. The van der Waals surface area contributed by atoms with Crippen molar-refractivity contribution in [2.24, 2.45) is 0 Å². The minimum absolute atomic E-state index is 0.0127. The van der Waals surface area contributed by atoms with E-state index < -0.39 is 32.5 Å². The predicted octanol–water partition coefficient (Wildman–Crippen LogP) is 6.04. The van der Waals surface area contributed by atoms with Crippen LogP contribution in [0.15, 0.2) is 59.5 Å². The molecular formula is C26H27F2NO4S. The number of halogens is 2. The quantitative estimate of drug-likeness (QED) is 0.431. The second-order valence-electron chi connectivity index (χ2n) is 9.17. The van der Waals surface area contributed by atoms with Crippen molar-refractivity contribution in [2.45, 2.75) is 51.5 Å². The number of rotatable bonds is 6. The first kappa shape index (κ1) is 25.4. The van der Waals surface area contributed by atoms with E-state index >= 15 is 0 Å². The molecule has 1 N–H and O–H groups in total. The highest BCUT2D eigenvalue weighted by Gasteiger charge is 2.19. The molecule has 0 aromatic heterocycles. The third-order valence-corrected chi connectivity index (χ3v) is 6.86. The maximum atomic E-state index is 13.4. The minimum Gasteiger partial charge on any atom is -0.457 e. The average Bonchev–Trinajstić information content (AvgIpc) is 2.74. The molecule has 0 aliphatic carbocycles. The molecule has 0 saturated heterocycles. The summed E-state index contributed by atoms with van der Waals surface area (Å²) in [7, 11) is -4.13. The molecule has 3 aromatic rings. The molecule has 3 aromatic carbocycles. The van der Waals surface area contributed by atoms with Gasteiger partial charge in [-0.05, 0) is 84.0 Å². The van der Waals surface area contributed by atoms with Gasteiger partial charge < -0.3 is 4.74 Å². The van der Waals surface area contributed by atoms with Crippen LogP contribution in [0.2, 0.25) is 0 Å². The summed E-state index contributed by atoms with van der Waals surface area (Å²) in [5.41, 5.74) is 4.65. The maximum absolute atomic E-state index is 13.4. The van der Waals surface area contributed by atoms with Crippen molar-refractivity contribution in [3.8, 4) is 0 Å². The van der Waals surface area contributed by atoms with Crippen LogP contribution in [0, 0.1) is 25.5 Å². The lowest BCUT2D eigenvalue weighted by molar-refractivity contribution is 0.0471. The average molecular weight is 488 g/mol. The molecule has 0 saturated carbocycles. The Bertz CT molecular complexity index is 1300. The third-order valence-electron chi connectivity index (χ3n) is 5.48. The number of aryl methyl sites for hydroxylation is 2. The van der Waals surface area contributed by atoms with Crippen LogP contribution < -0.4 is 4.72 Å². The minimum atomic E-state index is -4.13. The normalized spacial score (nSPS) is 11.9. The number of hydrogen-bond acceptors (Lipinski definition) is 4. The van der Waals surface area contributed by atoms with E-state index in [0.29, 0.717) is 6.07 Å². The summed E-state index contributed by atoms with van der Waals surface area (Å²) in [6, 6.07) is 12.1. The van der Waals surface area contributed by atoms with Gasteiger partial charge in [0.05, 0.1) is 10.5 Å². The molecule has 0 fully saturated rings. The summed E-state index contributed by atoms with van der Waals surface area (Å²) in [6.07, 6.45) is 0. The van der Waals surface area contributed by atoms with Gasteiger partial charge >= 0.3 is 5.97 Å². The highest BCUT2D eigenvalue weighted by Crippen LogP contribution is 2.27. The number of hydrogen-bond donors (Lipinski definition) is 1. The van der Waals surface area contributed by atoms with Crippen LogP contribution in [0.1, 0.15) is 53.4 Å². The Morgan fingerprint density at radius 3 is 2.03 bits per heavy atom. The smallest absolute Gasteiger partial charge is 0.338 e. The molecule has 0 heterocycles. The molecule has 8 heteroatoms. The summed E-state index contributed by atoms with van der Waals surface area (Å²) in [4.78, 5) is 12.1. The summed E-state index contributed by atoms with van der Waals surface area (Å²) in [6.45, 7) is 10.5. The molecule has 5 nitrogen and oxygen atoms in total. The van der Waals surface area contributed by atoms with E-state index in [1.165, 1.54) is 29.8 Å². The number of carbonyl (C=O) groups excluding carboxylic acids is 1. The van der Waals surface area contributed by atoms with Gasteiger partial charge in [0.1, 0.15) is 6.61 Å². The van der Waals surface area contributed by atoms with Crippen molar-refractivity contribution in [3.05, 3.63) is 94.0 Å². The first-order valence-corrected chi connectivity index (χ1v) is 12.1. The Morgan fingerprint density at radius 1 is 0.912 bits per heavy atom. The van der Waals surface area contributed by atoms with Gasteiger partial charge in [0.15, 0.2) is 11.6 Å². The van der Waals surface area contributed by atoms with Crippen molar-refractivity contribution in [2.75, 3.05) is 4.72 Å². The molecule has 180 valence electrons. The second kappa shape index (κ2) is 9.54. The number of ether oxygens (including phenoxy) is 1. The summed E-state index contributed by atoms with van der Waals surface area (Å²) < 4.78 is 59.0. The number of carbonyl (C=O) groups is 1. The van der Waals surface area contributed by atoms with E-state index in [1.54, 1.807) is 0 Å². The standard InChI is InChI=1S/C26H27F2NO4S/c1-16-12-19(26(3,4)5)13-17(2)22(16)15-33-25(30)18-6-8-20(9-7-18)29-34(31,32)21-10-11-23(27)24(28)14-21/h6-14,29H,15H2,1-5H3. The number of nitrogens with one attached hydrogen (secondary N) is 1. The zero-order valence-electron chi connectivity index (χ0n) is 19.7. The van der Waals surface area contributed by atoms with Crippen molar-refractivity contribution in [3.63, 3.8) is 0 Å². The molecule has 0 radical (unpaired) electrons. The van der Waals surface area contributed by atoms with E-state index in [9.17, 15) is 22.0 Å². The van der Waals surface area contributed by atoms with Crippen LogP contribution in [0.4, 0.5) is 14.5 Å². The third kappa shape index (κ3) is 5.80. The SMILES string of the molecule is Cc1cc(C(C)(C)C)cc(C)c1COC(=O)c1ccc(NS(=O)(=O)c2ccc(F)c(F)c2)cc1. The van der Waals surface area contributed by atoms with Crippen LogP contribution >= 0.6 is 0 Å². The monoisotopic (exact) mass is 487 g/mol. The Kier molecular flexibility index (Phi) is 7.12. The Morgan fingerprint density at radius 2 is 1.50 bits per heavy atom. The molecule has 34 heavy (non-hydrogen) atoms. The molecule has 0 bridgehead atoms. The van der Waals surface area contributed by atoms with Crippen LogP contribution in [0.5, 0.6) is 0 Å². The summed E-state index contributed by atoms with van der Waals surface area (Å²) in [5, 5.41) is 0. The molecule has 3 rings (SSSR count). The van der Waals surface area contributed by atoms with Gasteiger partial charge in [-0.3, -0.25) is 4.72 Å². The summed E-state index contributed by atoms with van der Waals surface area (Å²) >= 11 is 0. The van der Waals surface area contributed by atoms with Crippen LogP contribution in [-0.2, 0) is 26.8 Å². The number of sulfonamides is 1. The molecule has 0 amide bonds. The van der Waals surface area contributed by atoms with Gasteiger partial charge in [-0.15, -0.1) is 0 Å². The van der Waals surface area contributed by atoms with E-state index in [1.807, 2.05) is 13.8 Å². The number of anilines is 1. The fraction of sp³-hybridized carbons (Fsp3) is 0.269. The van der Waals surface area contributed by atoms with E-state index in [4.69, 9.17) is 4.74 Å². The highest BCUT2D eigenvalue weighted by atomic mass is 32.2. The van der Waals surface area contributed by atoms with Crippen molar-refractivity contribution in [1.82, 2.24) is 0 Å². The lowest BCUT2D eigenvalue weighted by Gasteiger charge is -2.22. The topological polar surface area (TPSA) is 72.5 Å². The molecule has 0 unspecified atom stereocenters. The highest BCUT2D eigenvalue weighted by molar-refractivity contribution is 7.92. The van der Waals surface area contributed by atoms with Gasteiger partial charge in [-0.1, -0.05) is 32.9 Å². The first-order chi connectivity index (χ1) is 15.8. The molecular weight excluding hydrogens is 460 g/mol. The number of esters is 1. The van der Waals surface area contributed by atoms with Gasteiger partial charge in [0.25, 0.3) is 10.0 Å². The largest absolute Gasteiger partial charge is 0.457 e. The van der Waals surface area contributed by atoms with Gasteiger partial charge in [-0.2, -0.15) is 0 Å². The van der Waals surface area contributed by atoms with E-state index in [2.05, 4.69) is 37.6 Å². The lowest BCUT2D eigenvalue weighted by atomic mass is 9.84. The van der Waals surface area contributed by atoms with Crippen molar-refractivity contribution in [1.29, 1.82) is 0 Å². The Balaban J connectivity index is 1.68. The molecule has 0 spiro atoms. The van der Waals surface area contributed by atoms with Crippen molar-refractivity contribution >= 4 is 21.7 Å². The Hall–Kier alpha value is -3.26. The molecule has 0 aliphatic heterocycles. The second-order valence-corrected chi connectivity index (χ2v) is 10.9. The van der Waals surface area contributed by atoms with E-state index in [0.717, 1.165) is 28.8 Å². The van der Waals surface area contributed by atoms with Crippen LogP contribution in [0.25, 0.3) is 0 Å². The van der Waals surface area contributed by atoms with Gasteiger partial charge in [0, 0.05) is 5.69 Å². The number of benzene rings is 3. The lowest BCUT2D eigenvalue weighted by Crippen LogP contribution is -2.14. The van der Waals surface area contributed by atoms with Crippen LogP contribution in [-0.4, -0.2) is 14.4 Å². The maximum Gasteiger partial charge on any atom is 0.338 e. The van der Waals surface area contributed by atoms with Crippen LogP contribution in [0.3, 0.4) is 0 Å². The zero-order valence-corrected chi connectivity index (χ0v) is 20.5. The fourth-order valence-electron chi connectivity index (χ4n) is 3.41. The van der Waals surface area contributed by atoms with E-state index in [-0.39, 0.29) is 23.3 Å². The molecule has 0 atom stereocenters. The van der Waals surface area contributed by atoms with Gasteiger partial charge in [0.2, 0.25) is 0 Å². The van der Waals surface area contributed by atoms with Gasteiger partial charge in [-0.25, -0.2) is 22.0 Å².